The summed E-state index contributed by atoms with van der Waals surface area (Å²) in [5, 5.41) is 0. The van der Waals surface area contributed by atoms with Crippen LogP contribution >= 0.6 is 0 Å². The molecule has 5 nitrogen and oxygen atoms in total. The number of carbonyl (C=O) groups excluding carboxylic acids is 1. The lowest BCUT2D eigenvalue weighted by molar-refractivity contribution is 0.0832. The minimum atomic E-state index is -0.226. The molecule has 2 aliphatic heterocycles. The third-order valence-electron chi connectivity index (χ3n) is 5.59. The van der Waals surface area contributed by atoms with Crippen LogP contribution in [0.3, 0.4) is 0 Å². The lowest BCUT2D eigenvalue weighted by Crippen LogP contribution is -2.43. The molecule has 0 N–H and O–H groups in total. The molecule has 2 atom stereocenters. The zero-order chi connectivity index (χ0) is 18.9. The number of amides is 1. The van der Waals surface area contributed by atoms with Gasteiger partial charge in [-0.15, -0.1) is 0 Å². The van der Waals surface area contributed by atoms with Crippen molar-refractivity contribution in [3.05, 3.63) is 78.1 Å². The van der Waals surface area contributed by atoms with Crippen molar-refractivity contribution in [1.82, 2.24) is 14.9 Å². The largest absolute Gasteiger partial charge is 0.445 e. The summed E-state index contributed by atoms with van der Waals surface area (Å²) in [6, 6.07) is 17.9. The average molecular weight is 371 g/mol. The molecule has 140 valence electrons. The van der Waals surface area contributed by atoms with Gasteiger partial charge in [0.05, 0.1) is 29.0 Å². The van der Waals surface area contributed by atoms with Crippen LogP contribution in [0.2, 0.25) is 0 Å². The molecular weight excluding hydrogens is 350 g/mol. The molecule has 5 rings (SSSR count). The van der Waals surface area contributed by atoms with Gasteiger partial charge in [0.1, 0.15) is 6.61 Å². The van der Waals surface area contributed by atoms with Crippen LogP contribution in [-0.2, 0) is 11.3 Å². The molecule has 3 heterocycles. The molecule has 0 saturated carbocycles. The monoisotopic (exact) mass is 371 g/mol. The van der Waals surface area contributed by atoms with E-state index in [0.29, 0.717) is 6.61 Å². The Morgan fingerprint density at radius 2 is 1.82 bits per heavy atom. The number of benzene rings is 2. The molecule has 1 saturated heterocycles. The molecule has 1 amide bonds. The van der Waals surface area contributed by atoms with E-state index in [1.807, 2.05) is 65.7 Å². The highest BCUT2D eigenvalue weighted by Gasteiger charge is 2.40. The van der Waals surface area contributed by atoms with E-state index >= 15 is 0 Å². The van der Waals surface area contributed by atoms with E-state index in [1.165, 1.54) is 5.57 Å². The Labute approximate surface area is 163 Å². The first kappa shape index (κ1) is 16.9. The fourth-order valence-electron chi connectivity index (χ4n) is 4.21. The highest BCUT2D eigenvalue weighted by Crippen LogP contribution is 2.38. The van der Waals surface area contributed by atoms with Crippen LogP contribution in [-0.4, -0.2) is 33.0 Å². The Balaban J connectivity index is 1.34. The number of carbonyl (C=O) groups is 1. The van der Waals surface area contributed by atoms with E-state index in [4.69, 9.17) is 9.72 Å². The van der Waals surface area contributed by atoms with Crippen LogP contribution in [0.25, 0.3) is 16.6 Å². The van der Waals surface area contributed by atoms with Gasteiger partial charge in [-0.1, -0.05) is 48.5 Å². The number of ether oxygens (including phenoxy) is 1. The van der Waals surface area contributed by atoms with Gasteiger partial charge >= 0.3 is 6.09 Å². The fraction of sp³-hybridized carbons (Fsp3) is 0.261. The van der Waals surface area contributed by atoms with Gasteiger partial charge in [-0.2, -0.15) is 0 Å². The van der Waals surface area contributed by atoms with Crippen molar-refractivity contribution in [3.63, 3.8) is 0 Å². The smallest absolute Gasteiger partial charge is 0.410 e. The molecule has 0 radical (unpaired) electrons. The standard InChI is InChI=1S/C23H21N3O2/c27-23(28-15-16-6-2-1-3-7-16)26-18-10-11-19(26)13-17(12-18)22-14-24-20-8-4-5-9-21(20)25-22/h1-9,12,14,18-19H,10-11,13,15H2. The van der Waals surface area contributed by atoms with Crippen molar-refractivity contribution in [1.29, 1.82) is 0 Å². The maximum atomic E-state index is 12.7. The van der Waals surface area contributed by atoms with E-state index in [2.05, 4.69) is 11.1 Å². The van der Waals surface area contributed by atoms with E-state index in [1.54, 1.807) is 0 Å². The Morgan fingerprint density at radius 1 is 1.04 bits per heavy atom. The molecule has 5 heteroatoms. The van der Waals surface area contributed by atoms with E-state index < -0.39 is 0 Å². The van der Waals surface area contributed by atoms with Gasteiger partial charge < -0.3 is 4.74 Å². The first-order valence-electron chi connectivity index (χ1n) is 9.70. The third kappa shape index (κ3) is 3.13. The van der Waals surface area contributed by atoms with Crippen LogP contribution in [0, 0.1) is 0 Å². The molecular formula is C23H21N3O2. The van der Waals surface area contributed by atoms with E-state index in [-0.39, 0.29) is 18.2 Å². The second kappa shape index (κ2) is 7.08. The number of fused-ring (bicyclic) bond motifs is 3. The third-order valence-corrected chi connectivity index (χ3v) is 5.59. The van der Waals surface area contributed by atoms with Gasteiger partial charge in [-0.3, -0.25) is 9.88 Å². The summed E-state index contributed by atoms with van der Waals surface area (Å²) in [5.41, 5.74) is 4.89. The number of nitrogens with zero attached hydrogens (tertiary/aromatic N) is 3. The lowest BCUT2D eigenvalue weighted by atomic mass is 9.99. The quantitative estimate of drug-likeness (QED) is 0.676. The van der Waals surface area contributed by atoms with Crippen molar-refractivity contribution < 1.29 is 9.53 Å². The van der Waals surface area contributed by atoms with Crippen LogP contribution in [0.5, 0.6) is 0 Å². The van der Waals surface area contributed by atoms with E-state index in [9.17, 15) is 4.79 Å². The van der Waals surface area contributed by atoms with Gasteiger partial charge in [0, 0.05) is 6.04 Å². The molecule has 1 aromatic heterocycles. The number of aromatic nitrogens is 2. The first-order valence-corrected chi connectivity index (χ1v) is 9.70. The Morgan fingerprint density at radius 3 is 2.64 bits per heavy atom. The molecule has 2 bridgehead atoms. The molecule has 3 aromatic rings. The summed E-state index contributed by atoms with van der Waals surface area (Å²) in [6.45, 7) is 0.308. The molecule has 0 aliphatic carbocycles. The van der Waals surface area contributed by atoms with Gasteiger partial charge in [0.15, 0.2) is 0 Å². The predicted molar refractivity (Wildman–Crippen MR) is 107 cm³/mol. The Hall–Kier alpha value is -3.21. The minimum absolute atomic E-state index is 0.0743. The summed E-state index contributed by atoms with van der Waals surface area (Å²) in [7, 11) is 0. The molecule has 2 unspecified atom stereocenters. The van der Waals surface area contributed by atoms with Crippen molar-refractivity contribution in [3.8, 4) is 0 Å². The molecule has 2 aromatic carbocycles. The van der Waals surface area contributed by atoms with Crippen LogP contribution in [0.4, 0.5) is 4.79 Å². The fourth-order valence-corrected chi connectivity index (χ4v) is 4.21. The van der Waals surface area contributed by atoms with E-state index in [0.717, 1.165) is 41.6 Å². The van der Waals surface area contributed by atoms with Crippen LogP contribution in [0.1, 0.15) is 30.5 Å². The van der Waals surface area contributed by atoms with Gasteiger partial charge in [0.25, 0.3) is 0 Å². The van der Waals surface area contributed by atoms with Crippen molar-refractivity contribution in [2.75, 3.05) is 0 Å². The summed E-state index contributed by atoms with van der Waals surface area (Å²) in [6.07, 6.45) is 6.55. The number of para-hydroxylation sites is 2. The Kier molecular flexibility index (Phi) is 4.28. The topological polar surface area (TPSA) is 55.3 Å². The number of hydrogen-bond acceptors (Lipinski definition) is 4. The highest BCUT2D eigenvalue weighted by atomic mass is 16.6. The SMILES string of the molecule is O=C(OCc1ccccc1)N1C2C=C(c3cnc4ccccc4n3)CC1CC2. The second-order valence-corrected chi connectivity index (χ2v) is 7.39. The molecule has 1 fully saturated rings. The normalized spacial score (nSPS) is 20.9. The summed E-state index contributed by atoms with van der Waals surface area (Å²) in [5.74, 6) is 0. The summed E-state index contributed by atoms with van der Waals surface area (Å²) < 4.78 is 5.58. The summed E-state index contributed by atoms with van der Waals surface area (Å²) >= 11 is 0. The average Bonchev–Trinajstić information content (AvgIpc) is 3.02. The molecule has 0 spiro atoms. The van der Waals surface area contributed by atoms with Crippen molar-refractivity contribution >= 4 is 22.7 Å². The van der Waals surface area contributed by atoms with Crippen molar-refractivity contribution in [2.45, 2.75) is 38.0 Å². The van der Waals surface area contributed by atoms with Crippen LogP contribution < -0.4 is 0 Å². The van der Waals surface area contributed by atoms with Gasteiger partial charge in [0.2, 0.25) is 0 Å². The summed E-state index contributed by atoms with van der Waals surface area (Å²) in [4.78, 5) is 23.9. The highest BCUT2D eigenvalue weighted by molar-refractivity contribution is 5.78. The van der Waals surface area contributed by atoms with Gasteiger partial charge in [-0.25, -0.2) is 9.78 Å². The van der Waals surface area contributed by atoms with Gasteiger partial charge in [-0.05, 0) is 42.5 Å². The zero-order valence-corrected chi connectivity index (χ0v) is 15.5. The molecule has 2 aliphatic rings. The maximum absolute atomic E-state index is 12.7. The second-order valence-electron chi connectivity index (χ2n) is 7.39. The maximum Gasteiger partial charge on any atom is 0.410 e. The zero-order valence-electron chi connectivity index (χ0n) is 15.5. The lowest BCUT2D eigenvalue weighted by Gasteiger charge is -2.33. The first-order chi connectivity index (χ1) is 13.8. The van der Waals surface area contributed by atoms with Crippen LogP contribution in [0.15, 0.2) is 66.9 Å². The number of rotatable bonds is 3. The van der Waals surface area contributed by atoms with Crippen molar-refractivity contribution in [2.24, 2.45) is 0 Å². The molecule has 28 heavy (non-hydrogen) atoms. The number of hydrogen-bond donors (Lipinski definition) is 0. The Bertz CT molecular complexity index is 1050. The minimum Gasteiger partial charge on any atom is -0.445 e. The predicted octanol–water partition coefficient (Wildman–Crippen LogP) is 4.59.